The van der Waals surface area contributed by atoms with Gasteiger partial charge in [0.2, 0.25) is 5.91 Å². The smallest absolute Gasteiger partial charge is 0.228 e. The highest BCUT2D eigenvalue weighted by atomic mass is 32.2. The molecule has 0 bridgehead atoms. The lowest BCUT2D eigenvalue weighted by Gasteiger charge is -2.25. The van der Waals surface area contributed by atoms with Gasteiger partial charge in [-0.15, -0.1) is 0 Å². The van der Waals surface area contributed by atoms with E-state index in [0.717, 1.165) is 0 Å². The molecule has 0 aromatic heterocycles. The first kappa shape index (κ1) is 14.9. The van der Waals surface area contributed by atoms with E-state index in [-0.39, 0.29) is 35.7 Å². The predicted molar refractivity (Wildman–Crippen MR) is 74.9 cm³/mol. The summed E-state index contributed by atoms with van der Waals surface area (Å²) in [6.45, 7) is 0.376. The Bertz CT molecular complexity index is 586. The molecule has 0 aliphatic carbocycles. The lowest BCUT2D eigenvalue weighted by molar-refractivity contribution is -0.118. The summed E-state index contributed by atoms with van der Waals surface area (Å²) >= 11 is 0. The lowest BCUT2D eigenvalue weighted by Crippen LogP contribution is -2.47. The fourth-order valence-corrected chi connectivity index (χ4v) is 3.60. The second kappa shape index (κ2) is 5.88. The van der Waals surface area contributed by atoms with E-state index in [0.29, 0.717) is 12.2 Å². The third-order valence-electron chi connectivity index (χ3n) is 3.31. The van der Waals surface area contributed by atoms with Gasteiger partial charge >= 0.3 is 0 Å². The van der Waals surface area contributed by atoms with Gasteiger partial charge in [0.1, 0.15) is 5.82 Å². The van der Waals surface area contributed by atoms with E-state index in [4.69, 9.17) is 0 Å². The number of sulfone groups is 1. The molecule has 0 saturated carbocycles. The number of nitrogens with zero attached hydrogens (tertiary/aromatic N) is 1. The number of anilines is 1. The standard InChI is InChI=1S/C13H17FN2O3S/c1-16(12-4-2-10(14)3-5-12)13(17)8-11-9-20(18,19)7-6-15-11/h2-5,11,15H,6-9H2,1H3. The predicted octanol–water partition coefficient (Wildman–Crippen LogP) is 0.565. The zero-order valence-corrected chi connectivity index (χ0v) is 12.0. The minimum atomic E-state index is -3.06. The van der Waals surface area contributed by atoms with Gasteiger partial charge in [-0.1, -0.05) is 0 Å². The van der Waals surface area contributed by atoms with E-state index in [9.17, 15) is 17.6 Å². The zero-order chi connectivity index (χ0) is 14.8. The van der Waals surface area contributed by atoms with Crippen LogP contribution in [0.3, 0.4) is 0 Å². The summed E-state index contributed by atoms with van der Waals surface area (Å²) in [7, 11) is -1.47. The molecule has 0 spiro atoms. The monoisotopic (exact) mass is 300 g/mol. The van der Waals surface area contributed by atoms with Crippen molar-refractivity contribution in [1.29, 1.82) is 0 Å². The molecule has 110 valence electrons. The summed E-state index contributed by atoms with van der Waals surface area (Å²) in [5.41, 5.74) is 0.579. The molecule has 5 nitrogen and oxygen atoms in total. The molecule has 7 heteroatoms. The van der Waals surface area contributed by atoms with Gasteiger partial charge in [-0.3, -0.25) is 4.79 Å². The van der Waals surface area contributed by atoms with Crippen molar-refractivity contribution in [3.8, 4) is 0 Å². The molecular weight excluding hydrogens is 283 g/mol. The Morgan fingerprint density at radius 2 is 2.05 bits per heavy atom. The van der Waals surface area contributed by atoms with Crippen LogP contribution in [-0.4, -0.2) is 45.5 Å². The molecule has 2 rings (SSSR count). The minimum Gasteiger partial charge on any atom is -0.315 e. The molecule has 1 N–H and O–H groups in total. The van der Waals surface area contributed by atoms with E-state index < -0.39 is 9.84 Å². The highest BCUT2D eigenvalue weighted by Gasteiger charge is 2.27. The van der Waals surface area contributed by atoms with Gasteiger partial charge in [0.25, 0.3) is 0 Å². The number of rotatable bonds is 3. The van der Waals surface area contributed by atoms with Crippen LogP contribution >= 0.6 is 0 Å². The quantitative estimate of drug-likeness (QED) is 0.886. The molecule has 0 radical (unpaired) electrons. The molecule has 1 saturated heterocycles. The molecular formula is C13H17FN2O3S. The summed E-state index contributed by atoms with van der Waals surface area (Å²) in [5.74, 6) is -0.470. The van der Waals surface area contributed by atoms with E-state index in [2.05, 4.69) is 5.32 Å². The Morgan fingerprint density at radius 1 is 1.40 bits per heavy atom. The number of amides is 1. The van der Waals surface area contributed by atoms with Crippen LogP contribution in [0.4, 0.5) is 10.1 Å². The minimum absolute atomic E-state index is 0.0179. The fraction of sp³-hybridized carbons (Fsp3) is 0.462. The highest BCUT2D eigenvalue weighted by molar-refractivity contribution is 7.91. The number of benzene rings is 1. The molecule has 1 unspecified atom stereocenters. The maximum absolute atomic E-state index is 12.8. The Hall–Kier alpha value is -1.47. The van der Waals surface area contributed by atoms with E-state index >= 15 is 0 Å². The zero-order valence-electron chi connectivity index (χ0n) is 11.2. The summed E-state index contributed by atoms with van der Waals surface area (Å²) < 4.78 is 35.9. The topological polar surface area (TPSA) is 66.5 Å². The number of carbonyl (C=O) groups is 1. The van der Waals surface area contributed by atoms with Crippen molar-refractivity contribution < 1.29 is 17.6 Å². The van der Waals surface area contributed by atoms with Crippen LogP contribution in [0.25, 0.3) is 0 Å². The molecule has 1 atom stereocenters. The van der Waals surface area contributed by atoms with Crippen LogP contribution in [0.15, 0.2) is 24.3 Å². The van der Waals surface area contributed by atoms with Gasteiger partial charge in [0.05, 0.1) is 11.5 Å². The molecule has 1 aromatic carbocycles. The van der Waals surface area contributed by atoms with E-state index in [1.54, 1.807) is 7.05 Å². The van der Waals surface area contributed by atoms with Crippen molar-refractivity contribution in [2.75, 3.05) is 30.0 Å². The van der Waals surface area contributed by atoms with E-state index in [1.807, 2.05) is 0 Å². The first-order valence-electron chi connectivity index (χ1n) is 6.33. The first-order chi connectivity index (χ1) is 9.37. The fourth-order valence-electron chi connectivity index (χ4n) is 2.15. The Kier molecular flexibility index (Phi) is 4.39. The first-order valence-corrected chi connectivity index (χ1v) is 8.15. The second-order valence-electron chi connectivity index (χ2n) is 4.90. The Balaban J connectivity index is 1.99. The number of carbonyl (C=O) groups excluding carboxylic acids is 1. The number of hydrogen-bond donors (Lipinski definition) is 1. The molecule has 1 heterocycles. The van der Waals surface area contributed by atoms with Crippen LogP contribution in [0, 0.1) is 5.82 Å². The van der Waals surface area contributed by atoms with Crippen molar-refractivity contribution in [3.05, 3.63) is 30.1 Å². The van der Waals surface area contributed by atoms with Crippen molar-refractivity contribution in [2.24, 2.45) is 0 Å². The maximum Gasteiger partial charge on any atom is 0.228 e. The Labute approximate surface area is 117 Å². The van der Waals surface area contributed by atoms with Gasteiger partial charge in [-0.05, 0) is 24.3 Å². The van der Waals surface area contributed by atoms with Crippen molar-refractivity contribution in [2.45, 2.75) is 12.5 Å². The summed E-state index contributed by atoms with van der Waals surface area (Å²) in [4.78, 5) is 13.5. The SMILES string of the molecule is CN(C(=O)CC1CS(=O)(=O)CCN1)c1ccc(F)cc1. The average Bonchev–Trinajstić information content (AvgIpc) is 2.37. The Morgan fingerprint density at radius 3 is 2.65 bits per heavy atom. The van der Waals surface area contributed by atoms with Crippen molar-refractivity contribution >= 4 is 21.4 Å². The highest BCUT2D eigenvalue weighted by Crippen LogP contribution is 2.15. The number of nitrogens with one attached hydrogen (secondary N) is 1. The summed E-state index contributed by atoms with van der Waals surface area (Å²) in [6, 6.07) is 5.23. The maximum atomic E-state index is 12.8. The van der Waals surface area contributed by atoms with Gasteiger partial charge in [-0.2, -0.15) is 0 Å². The summed E-state index contributed by atoms with van der Waals surface area (Å²) in [5, 5.41) is 3.03. The van der Waals surface area contributed by atoms with Gasteiger partial charge in [0.15, 0.2) is 9.84 Å². The van der Waals surface area contributed by atoms with Gasteiger partial charge < -0.3 is 10.2 Å². The third kappa shape index (κ3) is 3.77. The molecule has 1 amide bonds. The van der Waals surface area contributed by atoms with Crippen LogP contribution in [0.1, 0.15) is 6.42 Å². The van der Waals surface area contributed by atoms with Crippen molar-refractivity contribution in [1.82, 2.24) is 5.32 Å². The lowest BCUT2D eigenvalue weighted by atomic mass is 10.2. The summed E-state index contributed by atoms with van der Waals surface area (Å²) in [6.07, 6.45) is 0.104. The van der Waals surface area contributed by atoms with Crippen LogP contribution < -0.4 is 10.2 Å². The van der Waals surface area contributed by atoms with E-state index in [1.165, 1.54) is 29.2 Å². The molecule has 20 heavy (non-hydrogen) atoms. The molecule has 1 aromatic rings. The third-order valence-corrected chi connectivity index (χ3v) is 5.05. The van der Waals surface area contributed by atoms with Gasteiger partial charge in [-0.25, -0.2) is 12.8 Å². The largest absolute Gasteiger partial charge is 0.315 e. The van der Waals surface area contributed by atoms with Crippen LogP contribution in [0.2, 0.25) is 0 Å². The average molecular weight is 300 g/mol. The number of halogens is 1. The second-order valence-corrected chi connectivity index (χ2v) is 7.13. The molecule has 1 fully saturated rings. The molecule has 1 aliphatic rings. The normalized spacial score (nSPS) is 21.4. The molecule has 1 aliphatic heterocycles. The number of hydrogen-bond acceptors (Lipinski definition) is 4. The van der Waals surface area contributed by atoms with Crippen LogP contribution in [-0.2, 0) is 14.6 Å². The van der Waals surface area contributed by atoms with Gasteiger partial charge in [0, 0.05) is 31.7 Å². The van der Waals surface area contributed by atoms with Crippen molar-refractivity contribution in [3.63, 3.8) is 0 Å². The van der Waals surface area contributed by atoms with Crippen LogP contribution in [0.5, 0.6) is 0 Å².